The maximum Gasteiger partial charge on any atom is 0.326 e. The molecule has 0 spiro atoms. The summed E-state index contributed by atoms with van der Waals surface area (Å²) in [5, 5.41) is 65.0. The van der Waals surface area contributed by atoms with Gasteiger partial charge in [0, 0.05) is 32.1 Å². The summed E-state index contributed by atoms with van der Waals surface area (Å²) in [4.78, 5) is 131. The Morgan fingerprint density at radius 2 is 0.600 bits per heavy atom. The van der Waals surface area contributed by atoms with Crippen molar-refractivity contribution in [3.05, 3.63) is 0 Å². The predicted molar refractivity (Wildman–Crippen MR) is 161 cm³/mol. The van der Waals surface area contributed by atoms with Crippen LogP contribution in [0.4, 0.5) is 0 Å². The van der Waals surface area contributed by atoms with Gasteiger partial charge in [0.15, 0.2) is 0 Å². The number of carboxylic acids is 6. The van der Waals surface area contributed by atoms with Gasteiger partial charge in [0.2, 0.25) is 29.5 Å². The lowest BCUT2D eigenvalue weighted by Crippen LogP contribution is -2.59. The lowest BCUT2D eigenvalue weighted by molar-refractivity contribution is -0.144. The molecular formula is C27H40N6O17. The molecule has 0 saturated carbocycles. The minimum atomic E-state index is -1.84. The van der Waals surface area contributed by atoms with E-state index in [9.17, 15) is 63.0 Å². The van der Waals surface area contributed by atoms with Crippen LogP contribution in [0.5, 0.6) is 0 Å². The summed E-state index contributed by atoms with van der Waals surface area (Å²) in [7, 11) is 0. The molecule has 23 nitrogen and oxygen atoms in total. The van der Waals surface area contributed by atoms with Crippen molar-refractivity contribution < 1.29 is 83.4 Å². The van der Waals surface area contributed by atoms with E-state index in [0.717, 1.165) is 0 Å². The third kappa shape index (κ3) is 19.1. The average molecular weight is 721 g/mol. The van der Waals surface area contributed by atoms with Crippen molar-refractivity contribution >= 4 is 65.4 Å². The van der Waals surface area contributed by atoms with Gasteiger partial charge in [-0.15, -0.1) is 0 Å². The number of carboxylic acid groups (broad SMARTS) is 6. The van der Waals surface area contributed by atoms with Crippen molar-refractivity contribution in [3.63, 3.8) is 0 Å². The van der Waals surface area contributed by atoms with Crippen LogP contribution in [0.2, 0.25) is 0 Å². The van der Waals surface area contributed by atoms with Gasteiger partial charge in [-0.25, -0.2) is 4.79 Å². The number of hydrogen-bond donors (Lipinski definition) is 12. The zero-order chi connectivity index (χ0) is 38.6. The Morgan fingerprint density at radius 3 is 0.820 bits per heavy atom. The predicted octanol–water partition coefficient (Wildman–Crippen LogP) is -4.22. The van der Waals surface area contributed by atoms with Gasteiger partial charge in [0.1, 0.15) is 30.2 Å². The number of carbonyl (C=O) groups excluding carboxylic acids is 5. The number of nitrogens with two attached hydrogens (primary N) is 1. The standard InChI is InChI=1S/C27H40N6O17/c28-11-17(34)29-12(1-6-18(35)36)23(45)30-13(2-7-19(37)38)24(46)31-14(3-8-20(39)40)25(47)32-15(4-9-21(41)42)26(48)33-16(27(49)50)5-10-22(43)44/h12-16H,1-11,28H2,(H,29,34)(H,30,45)(H,31,46)(H,32,47)(H,33,48)(H,35,36)(H,37,38)(H,39,40)(H,41,42)(H,43,44)(H,49,50)/t12-,13-,14-,15-,16-/m0/s1. The van der Waals surface area contributed by atoms with Gasteiger partial charge in [-0.1, -0.05) is 0 Å². The normalized spacial score (nSPS) is 13.5. The Hall–Kier alpha value is -5.87. The van der Waals surface area contributed by atoms with Gasteiger partial charge < -0.3 is 63.0 Å². The third-order valence-electron chi connectivity index (χ3n) is 6.59. The first-order valence-electron chi connectivity index (χ1n) is 14.8. The Bertz CT molecular complexity index is 1310. The molecule has 5 amide bonds. The molecule has 0 aromatic rings. The van der Waals surface area contributed by atoms with Crippen LogP contribution < -0.4 is 32.3 Å². The van der Waals surface area contributed by atoms with E-state index >= 15 is 0 Å². The highest BCUT2D eigenvalue weighted by atomic mass is 16.4. The molecule has 23 heteroatoms. The second kappa shape index (κ2) is 22.7. The lowest BCUT2D eigenvalue weighted by atomic mass is 10.0. The second-order valence-corrected chi connectivity index (χ2v) is 10.6. The maximum atomic E-state index is 13.3. The summed E-state index contributed by atoms with van der Waals surface area (Å²) in [6.45, 7) is -0.606. The Labute approximate surface area is 282 Å². The van der Waals surface area contributed by atoms with Crippen LogP contribution in [0.25, 0.3) is 0 Å². The quantitative estimate of drug-likeness (QED) is 0.0403. The molecule has 0 aromatic heterocycles. The van der Waals surface area contributed by atoms with Crippen LogP contribution in [0.3, 0.4) is 0 Å². The molecule has 0 aliphatic heterocycles. The van der Waals surface area contributed by atoms with E-state index < -0.39 is 166 Å². The molecule has 0 radical (unpaired) electrons. The second-order valence-electron chi connectivity index (χ2n) is 10.6. The Morgan fingerprint density at radius 1 is 0.380 bits per heavy atom. The van der Waals surface area contributed by atoms with Crippen molar-refractivity contribution in [2.75, 3.05) is 6.54 Å². The van der Waals surface area contributed by atoms with Crippen LogP contribution >= 0.6 is 0 Å². The SMILES string of the molecule is NCC(=O)N[C@@H](CCC(=O)O)C(=O)N[C@@H](CCC(=O)O)C(=O)N[C@@H](CCC(=O)O)C(=O)N[C@@H](CCC(=O)O)C(=O)N[C@@H](CCC(=O)O)C(=O)O. The summed E-state index contributed by atoms with van der Waals surface area (Å²) in [5.74, 6) is -14.6. The fourth-order valence-corrected chi connectivity index (χ4v) is 4.01. The first-order valence-corrected chi connectivity index (χ1v) is 14.8. The number of aliphatic carboxylic acids is 6. The fourth-order valence-electron chi connectivity index (χ4n) is 4.01. The summed E-state index contributed by atoms with van der Waals surface area (Å²) >= 11 is 0. The lowest BCUT2D eigenvalue weighted by Gasteiger charge is -2.26. The molecule has 5 atom stereocenters. The number of hydrogen-bond acceptors (Lipinski definition) is 12. The van der Waals surface area contributed by atoms with Crippen LogP contribution in [-0.2, 0) is 52.7 Å². The monoisotopic (exact) mass is 720 g/mol. The first-order chi connectivity index (χ1) is 23.3. The van der Waals surface area contributed by atoms with Gasteiger partial charge >= 0.3 is 35.8 Å². The minimum absolute atomic E-state index is 0.483. The third-order valence-corrected chi connectivity index (χ3v) is 6.59. The highest BCUT2D eigenvalue weighted by Gasteiger charge is 2.33. The number of rotatable bonds is 26. The van der Waals surface area contributed by atoms with Crippen molar-refractivity contribution in [2.45, 2.75) is 94.4 Å². The van der Waals surface area contributed by atoms with Crippen molar-refractivity contribution in [1.82, 2.24) is 26.6 Å². The largest absolute Gasteiger partial charge is 0.481 e. The number of amides is 5. The van der Waals surface area contributed by atoms with Crippen molar-refractivity contribution in [2.24, 2.45) is 5.73 Å². The van der Waals surface area contributed by atoms with Crippen LogP contribution in [0, 0.1) is 0 Å². The topological polar surface area (TPSA) is 395 Å². The fraction of sp³-hybridized carbons (Fsp3) is 0.593. The summed E-state index contributed by atoms with van der Waals surface area (Å²) in [5.41, 5.74) is 5.22. The van der Waals surface area contributed by atoms with Crippen molar-refractivity contribution in [3.8, 4) is 0 Å². The van der Waals surface area contributed by atoms with E-state index in [-0.39, 0.29) is 0 Å². The summed E-state index contributed by atoms with van der Waals surface area (Å²) in [6.07, 6.45) is -6.64. The highest BCUT2D eigenvalue weighted by Crippen LogP contribution is 2.08. The van der Waals surface area contributed by atoms with Crippen molar-refractivity contribution in [1.29, 1.82) is 0 Å². The van der Waals surface area contributed by atoms with Gasteiger partial charge in [-0.2, -0.15) is 0 Å². The Kier molecular flexibility index (Phi) is 20.0. The van der Waals surface area contributed by atoms with Gasteiger partial charge in [-0.05, 0) is 32.1 Å². The van der Waals surface area contributed by atoms with E-state index in [1.54, 1.807) is 0 Å². The number of nitrogens with one attached hydrogen (secondary N) is 5. The molecule has 0 aliphatic carbocycles. The molecule has 0 heterocycles. The van der Waals surface area contributed by atoms with Gasteiger partial charge in [-0.3, -0.25) is 47.9 Å². The van der Waals surface area contributed by atoms with Gasteiger partial charge in [0.05, 0.1) is 6.54 Å². The molecule has 0 aliphatic rings. The first kappa shape index (κ1) is 44.1. The molecule has 0 aromatic carbocycles. The van der Waals surface area contributed by atoms with E-state index in [1.807, 2.05) is 5.32 Å². The van der Waals surface area contributed by atoms with E-state index in [2.05, 4.69) is 21.3 Å². The molecule has 0 bridgehead atoms. The molecule has 280 valence electrons. The van der Waals surface area contributed by atoms with Crippen LogP contribution in [-0.4, -0.2) is 133 Å². The zero-order valence-electron chi connectivity index (χ0n) is 26.4. The zero-order valence-corrected chi connectivity index (χ0v) is 26.4. The van der Waals surface area contributed by atoms with E-state index in [0.29, 0.717) is 0 Å². The molecule has 0 saturated heterocycles. The average Bonchev–Trinajstić information content (AvgIpc) is 3.01. The molecule has 0 fully saturated rings. The molecule has 50 heavy (non-hydrogen) atoms. The molecule has 13 N–H and O–H groups in total. The minimum Gasteiger partial charge on any atom is -0.481 e. The van der Waals surface area contributed by atoms with Gasteiger partial charge in [0.25, 0.3) is 0 Å². The van der Waals surface area contributed by atoms with Crippen LogP contribution in [0.15, 0.2) is 0 Å². The summed E-state index contributed by atoms with van der Waals surface area (Å²) in [6, 6.07) is -8.77. The Balaban J connectivity index is 6.29. The van der Waals surface area contributed by atoms with E-state index in [1.165, 1.54) is 0 Å². The number of carbonyl (C=O) groups is 11. The molecule has 0 unspecified atom stereocenters. The van der Waals surface area contributed by atoms with E-state index in [4.69, 9.17) is 26.2 Å². The molecular weight excluding hydrogens is 680 g/mol. The summed E-state index contributed by atoms with van der Waals surface area (Å²) < 4.78 is 0. The smallest absolute Gasteiger partial charge is 0.326 e. The maximum absolute atomic E-state index is 13.3. The molecule has 0 rings (SSSR count). The highest BCUT2D eigenvalue weighted by molar-refractivity contribution is 5.96. The van der Waals surface area contributed by atoms with Crippen LogP contribution in [0.1, 0.15) is 64.2 Å².